The summed E-state index contributed by atoms with van der Waals surface area (Å²) in [6.07, 6.45) is 3.61. The molecule has 0 saturated heterocycles. The molecule has 1 aliphatic rings. The summed E-state index contributed by atoms with van der Waals surface area (Å²) in [5.74, 6) is -0.166. The van der Waals surface area contributed by atoms with E-state index in [0.29, 0.717) is 35.1 Å². The van der Waals surface area contributed by atoms with Crippen LogP contribution in [0.3, 0.4) is 0 Å². The van der Waals surface area contributed by atoms with Crippen molar-refractivity contribution in [3.8, 4) is 17.2 Å². The Hall–Kier alpha value is -3.00. The number of nitrogens with zero attached hydrogens (tertiary/aromatic N) is 2. The highest BCUT2D eigenvalue weighted by Crippen LogP contribution is 2.34. The Morgan fingerprint density at radius 2 is 1.88 bits per heavy atom. The van der Waals surface area contributed by atoms with Crippen LogP contribution in [0.4, 0.5) is 5.69 Å². The van der Waals surface area contributed by atoms with Crippen LogP contribution < -0.4 is 10.2 Å². The Balaban J connectivity index is 1.63. The molecular weight excluding hydrogens is 453 g/mol. The van der Waals surface area contributed by atoms with Crippen LogP contribution in [-0.2, 0) is 13.0 Å². The van der Waals surface area contributed by atoms with Gasteiger partial charge < -0.3 is 10.2 Å². The van der Waals surface area contributed by atoms with Crippen molar-refractivity contribution >= 4 is 34.8 Å². The van der Waals surface area contributed by atoms with Crippen molar-refractivity contribution in [3.63, 3.8) is 0 Å². The van der Waals surface area contributed by atoms with E-state index < -0.39 is 0 Å². The van der Waals surface area contributed by atoms with Crippen molar-refractivity contribution in [3.05, 3.63) is 87.4 Å². The van der Waals surface area contributed by atoms with Gasteiger partial charge in [-0.15, -0.1) is 0 Å². The highest BCUT2D eigenvalue weighted by atomic mass is 35.5. The number of amides is 1. The van der Waals surface area contributed by atoms with E-state index in [1.807, 2.05) is 36.4 Å². The van der Waals surface area contributed by atoms with Gasteiger partial charge in [0.05, 0.1) is 12.5 Å². The van der Waals surface area contributed by atoms with Crippen LogP contribution in [0.1, 0.15) is 40.7 Å². The van der Waals surface area contributed by atoms with Crippen molar-refractivity contribution in [2.24, 2.45) is 0 Å². The third kappa shape index (κ3) is 5.68. The molecule has 6 heteroatoms. The number of carbonyl (C=O) groups excluding carboxylic acids is 1. The standard InChI is InChI=1S/C27H25Cl2N3O/c28-24-11-10-23(25(29)17-24)18-32-14-2-1-5-19-8-9-21(16-26(19)32)20-6-3-7-22(15-20)27(33)31-13-4-12-30/h3,6-11,15-17H,1-2,4-5,13-14,18H2,(H,31,33). The average molecular weight is 478 g/mol. The Kier molecular flexibility index (Phi) is 7.54. The van der Waals surface area contributed by atoms with E-state index in [9.17, 15) is 4.79 Å². The second-order valence-electron chi connectivity index (χ2n) is 8.20. The third-order valence-corrected chi connectivity index (χ3v) is 6.49. The molecule has 33 heavy (non-hydrogen) atoms. The van der Waals surface area contributed by atoms with Crippen LogP contribution >= 0.6 is 23.2 Å². The molecule has 0 bridgehead atoms. The minimum Gasteiger partial charge on any atom is -0.367 e. The quantitative estimate of drug-likeness (QED) is 0.404. The summed E-state index contributed by atoms with van der Waals surface area (Å²) in [6.45, 7) is 2.02. The summed E-state index contributed by atoms with van der Waals surface area (Å²) in [4.78, 5) is 14.8. The van der Waals surface area contributed by atoms with E-state index in [1.165, 1.54) is 11.3 Å². The molecule has 168 valence electrons. The Morgan fingerprint density at radius 3 is 2.70 bits per heavy atom. The summed E-state index contributed by atoms with van der Waals surface area (Å²) in [5, 5.41) is 12.8. The molecule has 1 N–H and O–H groups in total. The van der Waals surface area contributed by atoms with Crippen LogP contribution in [0.25, 0.3) is 11.1 Å². The molecule has 0 radical (unpaired) electrons. The van der Waals surface area contributed by atoms with E-state index in [2.05, 4.69) is 28.4 Å². The Morgan fingerprint density at radius 1 is 1.03 bits per heavy atom. The molecule has 0 atom stereocenters. The topological polar surface area (TPSA) is 56.1 Å². The lowest BCUT2D eigenvalue weighted by Crippen LogP contribution is -2.24. The predicted molar refractivity (Wildman–Crippen MR) is 135 cm³/mol. The fourth-order valence-electron chi connectivity index (χ4n) is 4.18. The van der Waals surface area contributed by atoms with Crippen molar-refractivity contribution in [1.82, 2.24) is 5.32 Å². The second kappa shape index (κ2) is 10.7. The highest BCUT2D eigenvalue weighted by molar-refractivity contribution is 6.35. The number of halogens is 2. The van der Waals surface area contributed by atoms with Crippen LogP contribution in [0.2, 0.25) is 10.0 Å². The summed E-state index contributed by atoms with van der Waals surface area (Å²) in [5.41, 5.74) is 6.22. The molecule has 1 amide bonds. The van der Waals surface area contributed by atoms with Crippen LogP contribution in [0, 0.1) is 11.3 Å². The number of rotatable bonds is 6. The zero-order valence-corrected chi connectivity index (χ0v) is 19.8. The molecular formula is C27H25Cl2N3O. The number of hydrogen-bond acceptors (Lipinski definition) is 3. The van der Waals surface area contributed by atoms with Gasteiger partial charge >= 0.3 is 0 Å². The molecule has 0 aromatic heterocycles. The van der Waals surface area contributed by atoms with Crippen molar-refractivity contribution < 1.29 is 4.79 Å². The minimum atomic E-state index is -0.166. The Labute approximate surface area is 204 Å². The maximum atomic E-state index is 12.4. The average Bonchev–Trinajstić information content (AvgIpc) is 3.02. The number of carbonyl (C=O) groups is 1. The van der Waals surface area contributed by atoms with Crippen LogP contribution in [0.5, 0.6) is 0 Å². The number of benzene rings is 3. The highest BCUT2D eigenvalue weighted by Gasteiger charge is 2.18. The van der Waals surface area contributed by atoms with E-state index >= 15 is 0 Å². The first kappa shape index (κ1) is 23.2. The van der Waals surface area contributed by atoms with E-state index in [-0.39, 0.29) is 5.91 Å². The lowest BCUT2D eigenvalue weighted by molar-refractivity contribution is 0.0954. The smallest absolute Gasteiger partial charge is 0.251 e. The fraction of sp³-hybridized carbons (Fsp3) is 0.259. The first-order valence-electron chi connectivity index (χ1n) is 11.1. The lowest BCUT2D eigenvalue weighted by atomic mass is 9.98. The first-order valence-corrected chi connectivity index (χ1v) is 11.9. The zero-order chi connectivity index (χ0) is 23.2. The largest absolute Gasteiger partial charge is 0.367 e. The predicted octanol–water partition coefficient (Wildman–Crippen LogP) is 6.65. The van der Waals surface area contributed by atoms with Gasteiger partial charge in [-0.25, -0.2) is 0 Å². The van der Waals surface area contributed by atoms with E-state index in [4.69, 9.17) is 28.5 Å². The van der Waals surface area contributed by atoms with Gasteiger partial charge in [-0.05, 0) is 71.8 Å². The maximum absolute atomic E-state index is 12.4. The van der Waals surface area contributed by atoms with E-state index in [0.717, 1.165) is 42.5 Å². The van der Waals surface area contributed by atoms with Crippen LogP contribution in [0.15, 0.2) is 60.7 Å². The lowest BCUT2D eigenvalue weighted by Gasteiger charge is -2.26. The fourth-order valence-corrected chi connectivity index (χ4v) is 4.65. The monoisotopic (exact) mass is 477 g/mol. The maximum Gasteiger partial charge on any atom is 0.251 e. The number of hydrogen-bond donors (Lipinski definition) is 1. The SMILES string of the molecule is N#CCCNC(=O)c1cccc(-c2ccc3c(c2)N(Cc2ccc(Cl)cc2Cl)CCCC3)c1. The van der Waals surface area contributed by atoms with Gasteiger partial charge in [0.1, 0.15) is 0 Å². The third-order valence-electron chi connectivity index (χ3n) is 5.91. The van der Waals surface area contributed by atoms with Gasteiger partial charge in [0.2, 0.25) is 0 Å². The zero-order valence-electron chi connectivity index (χ0n) is 18.3. The molecule has 4 nitrogen and oxygen atoms in total. The molecule has 0 unspecified atom stereocenters. The van der Waals surface area contributed by atoms with Gasteiger partial charge in [0, 0.05) is 40.9 Å². The number of fused-ring (bicyclic) bond motifs is 1. The first-order chi connectivity index (χ1) is 16.0. The molecule has 0 saturated carbocycles. The summed E-state index contributed by atoms with van der Waals surface area (Å²) in [7, 11) is 0. The molecule has 0 aliphatic carbocycles. The molecule has 1 aliphatic heterocycles. The van der Waals surface area contributed by atoms with Crippen molar-refractivity contribution in [1.29, 1.82) is 5.26 Å². The number of anilines is 1. The van der Waals surface area contributed by atoms with Gasteiger partial charge in [-0.1, -0.05) is 53.5 Å². The van der Waals surface area contributed by atoms with E-state index in [1.54, 1.807) is 12.1 Å². The van der Waals surface area contributed by atoms with Crippen LogP contribution in [-0.4, -0.2) is 19.0 Å². The second-order valence-corrected chi connectivity index (χ2v) is 9.05. The van der Waals surface area contributed by atoms with Crippen molar-refractivity contribution in [2.75, 3.05) is 18.0 Å². The number of aryl methyl sites for hydroxylation is 1. The molecule has 1 heterocycles. The molecule has 0 fully saturated rings. The summed E-state index contributed by atoms with van der Waals surface area (Å²) in [6, 6.07) is 21.9. The number of nitrogens with one attached hydrogen (secondary N) is 1. The Bertz CT molecular complexity index is 1200. The molecule has 4 rings (SSSR count). The molecule has 0 spiro atoms. The van der Waals surface area contributed by atoms with Gasteiger partial charge in [0.15, 0.2) is 0 Å². The summed E-state index contributed by atoms with van der Waals surface area (Å²) >= 11 is 12.6. The van der Waals surface area contributed by atoms with Gasteiger partial charge in [-0.2, -0.15) is 5.26 Å². The van der Waals surface area contributed by atoms with Gasteiger partial charge in [-0.3, -0.25) is 4.79 Å². The normalized spacial score (nSPS) is 13.1. The van der Waals surface area contributed by atoms with Crippen molar-refractivity contribution in [2.45, 2.75) is 32.2 Å². The van der Waals surface area contributed by atoms with Gasteiger partial charge in [0.25, 0.3) is 5.91 Å². The summed E-state index contributed by atoms with van der Waals surface area (Å²) < 4.78 is 0. The minimum absolute atomic E-state index is 0.166. The molecule has 3 aromatic carbocycles. The molecule has 3 aromatic rings. The number of nitriles is 1.